The molecular weight excluding hydrogens is 433 g/mol. The van der Waals surface area contributed by atoms with Crippen LogP contribution in [0, 0.1) is 12.7 Å². The number of esters is 1. The molecule has 4 aromatic carbocycles. The second kappa shape index (κ2) is 7.15. The first-order valence-electron chi connectivity index (χ1n) is 11.1. The van der Waals surface area contributed by atoms with Crippen molar-refractivity contribution in [3.05, 3.63) is 81.0 Å². The zero-order chi connectivity index (χ0) is 23.7. The molecule has 168 valence electrons. The number of ether oxygens (including phenoxy) is 1. The van der Waals surface area contributed by atoms with E-state index in [4.69, 9.17) is 9.15 Å². The molecule has 0 saturated heterocycles. The van der Waals surface area contributed by atoms with Gasteiger partial charge in [-0.25, -0.2) is 9.18 Å². The minimum absolute atomic E-state index is 0.0731. The molecule has 0 aliphatic rings. The number of nitrogens with zero attached hydrogens (tertiary/aromatic N) is 1. The Morgan fingerprint density at radius 3 is 2.59 bits per heavy atom. The van der Waals surface area contributed by atoms with Crippen molar-refractivity contribution < 1.29 is 18.3 Å². The van der Waals surface area contributed by atoms with Crippen LogP contribution in [-0.2, 0) is 4.74 Å². The first kappa shape index (κ1) is 20.4. The number of hydrogen-bond acceptors (Lipinski definition) is 4. The van der Waals surface area contributed by atoms with Gasteiger partial charge in [-0.2, -0.15) is 0 Å². The van der Waals surface area contributed by atoms with E-state index in [9.17, 15) is 9.59 Å². The standard InChI is InChI=1S/C28H20FNO4/c1-4-15-19-10-14(3)24(29)27-25(19)30(13-21(15)28(32)33-5-2)22-11-18-16-8-6-7-9-17(16)26(31)20(18)12-23(22)34-27/h4,6-13H,5H2,1-3H3/b15-4+. The van der Waals surface area contributed by atoms with Gasteiger partial charge in [0.2, 0.25) is 0 Å². The van der Waals surface area contributed by atoms with Crippen molar-refractivity contribution in [1.82, 2.24) is 4.40 Å². The van der Waals surface area contributed by atoms with Gasteiger partial charge in [-0.05, 0) is 60.5 Å². The zero-order valence-electron chi connectivity index (χ0n) is 18.9. The SMILES string of the molecule is C/C=c1/c(C(=O)OCC)cn2c3cc4c(cc3oc3c(F)c(C)cc1c32)c(=O)c1ccccc14. The number of pyridine rings is 1. The monoisotopic (exact) mass is 453 g/mol. The van der Waals surface area contributed by atoms with E-state index in [2.05, 4.69) is 0 Å². The summed E-state index contributed by atoms with van der Waals surface area (Å²) in [4.78, 5) is 25.9. The smallest absolute Gasteiger partial charge is 0.340 e. The number of halogens is 1. The van der Waals surface area contributed by atoms with Crippen LogP contribution in [0.2, 0.25) is 0 Å². The zero-order valence-corrected chi connectivity index (χ0v) is 18.9. The van der Waals surface area contributed by atoms with Crippen molar-refractivity contribution in [2.24, 2.45) is 0 Å². The number of carbonyl (C=O) groups is 1. The number of benzene rings is 3. The van der Waals surface area contributed by atoms with Crippen molar-refractivity contribution in [1.29, 1.82) is 0 Å². The van der Waals surface area contributed by atoms with Gasteiger partial charge in [-0.15, -0.1) is 0 Å². The van der Waals surface area contributed by atoms with Gasteiger partial charge in [0.1, 0.15) is 0 Å². The fourth-order valence-corrected chi connectivity index (χ4v) is 4.99. The molecule has 0 spiro atoms. The van der Waals surface area contributed by atoms with Crippen molar-refractivity contribution in [3.63, 3.8) is 0 Å². The largest absolute Gasteiger partial charge is 0.462 e. The molecule has 0 radical (unpaired) electrons. The highest BCUT2D eigenvalue weighted by molar-refractivity contribution is 6.15. The summed E-state index contributed by atoms with van der Waals surface area (Å²) in [5.41, 5.74) is 2.25. The van der Waals surface area contributed by atoms with Crippen LogP contribution in [-0.4, -0.2) is 17.0 Å². The van der Waals surface area contributed by atoms with Gasteiger partial charge in [0.15, 0.2) is 22.4 Å². The molecular formula is C28H20FNO4. The van der Waals surface area contributed by atoms with Crippen molar-refractivity contribution in [2.45, 2.75) is 20.8 Å². The Labute approximate surface area is 192 Å². The van der Waals surface area contributed by atoms with E-state index >= 15 is 4.39 Å². The summed E-state index contributed by atoms with van der Waals surface area (Å²) in [5.74, 6) is -0.938. The summed E-state index contributed by atoms with van der Waals surface area (Å²) in [6.07, 6.45) is 3.49. The molecule has 6 heteroatoms. The summed E-state index contributed by atoms with van der Waals surface area (Å²) in [6, 6.07) is 12.7. The number of hydrogen-bond donors (Lipinski definition) is 0. The molecule has 5 nitrogen and oxygen atoms in total. The molecule has 0 fully saturated rings. The normalized spacial score (nSPS) is 12.6. The van der Waals surface area contributed by atoms with Gasteiger partial charge in [0.05, 0.1) is 23.2 Å². The van der Waals surface area contributed by atoms with E-state index in [1.165, 1.54) is 0 Å². The fourth-order valence-electron chi connectivity index (χ4n) is 4.99. The molecule has 0 N–H and O–H groups in total. The van der Waals surface area contributed by atoms with Crippen LogP contribution in [0.4, 0.5) is 4.39 Å². The van der Waals surface area contributed by atoms with Gasteiger partial charge < -0.3 is 13.6 Å². The predicted molar refractivity (Wildman–Crippen MR) is 132 cm³/mol. The summed E-state index contributed by atoms with van der Waals surface area (Å²) in [5, 5.41) is 4.10. The molecule has 2 aromatic heterocycles. The molecule has 6 aromatic rings. The minimum atomic E-state index is -0.479. The van der Waals surface area contributed by atoms with Crippen molar-refractivity contribution in [2.75, 3.05) is 6.61 Å². The van der Waals surface area contributed by atoms with Gasteiger partial charge in [-0.1, -0.05) is 30.3 Å². The number of aryl methyl sites for hydroxylation is 1. The fraction of sp³-hybridized carbons (Fsp3) is 0.143. The van der Waals surface area contributed by atoms with Crippen molar-refractivity contribution in [3.8, 4) is 0 Å². The maximum absolute atomic E-state index is 15.3. The number of aromatic nitrogens is 1. The van der Waals surface area contributed by atoms with E-state index < -0.39 is 11.8 Å². The van der Waals surface area contributed by atoms with E-state index in [0.717, 1.165) is 10.8 Å². The van der Waals surface area contributed by atoms with Gasteiger partial charge >= 0.3 is 5.97 Å². The van der Waals surface area contributed by atoms with Gasteiger partial charge in [0, 0.05) is 22.4 Å². The summed E-state index contributed by atoms with van der Waals surface area (Å²) >= 11 is 0. The van der Waals surface area contributed by atoms with Crippen LogP contribution in [0.3, 0.4) is 0 Å². The number of rotatable bonds is 2. The highest BCUT2D eigenvalue weighted by atomic mass is 19.1. The van der Waals surface area contributed by atoms with E-state index in [-0.39, 0.29) is 17.6 Å². The first-order valence-corrected chi connectivity index (χ1v) is 11.1. The molecule has 0 atom stereocenters. The molecule has 0 aliphatic heterocycles. The maximum atomic E-state index is 15.3. The van der Waals surface area contributed by atoms with Crippen LogP contribution in [0.15, 0.2) is 57.9 Å². The van der Waals surface area contributed by atoms with Crippen LogP contribution < -0.4 is 10.6 Å². The van der Waals surface area contributed by atoms with Crippen LogP contribution in [0.25, 0.3) is 55.2 Å². The predicted octanol–water partition coefficient (Wildman–Crippen LogP) is 5.65. The van der Waals surface area contributed by atoms with E-state index in [1.54, 1.807) is 42.6 Å². The lowest BCUT2D eigenvalue weighted by atomic mass is 10.0. The average Bonchev–Trinajstić information content (AvgIpc) is 3.12. The van der Waals surface area contributed by atoms with Gasteiger partial charge in [0.25, 0.3) is 0 Å². The molecule has 0 bridgehead atoms. The third-order valence-electron chi connectivity index (χ3n) is 6.52. The maximum Gasteiger partial charge on any atom is 0.340 e. The second-order valence-corrected chi connectivity index (χ2v) is 8.41. The van der Waals surface area contributed by atoms with Gasteiger partial charge in [-0.3, -0.25) is 4.79 Å². The van der Waals surface area contributed by atoms with Crippen LogP contribution >= 0.6 is 0 Å². The third-order valence-corrected chi connectivity index (χ3v) is 6.52. The molecule has 0 saturated carbocycles. The quantitative estimate of drug-likeness (QED) is 0.193. The Kier molecular flexibility index (Phi) is 4.30. The summed E-state index contributed by atoms with van der Waals surface area (Å²) in [6.45, 7) is 5.48. The Bertz CT molecular complexity index is 1950. The Balaban J connectivity index is 1.91. The van der Waals surface area contributed by atoms with E-state index in [1.807, 2.05) is 37.3 Å². The second-order valence-electron chi connectivity index (χ2n) is 8.41. The lowest BCUT2D eigenvalue weighted by Gasteiger charge is -2.16. The average molecular weight is 453 g/mol. The Morgan fingerprint density at radius 1 is 1.09 bits per heavy atom. The lowest BCUT2D eigenvalue weighted by molar-refractivity contribution is 0.0524. The topological polar surface area (TPSA) is 60.9 Å². The molecule has 0 unspecified atom stereocenters. The number of fused-ring (bicyclic) bond motifs is 5. The third kappa shape index (κ3) is 2.59. The number of carbonyl (C=O) groups excluding carboxylic acids is 1. The van der Waals surface area contributed by atoms with E-state index in [0.29, 0.717) is 49.1 Å². The molecule has 34 heavy (non-hydrogen) atoms. The minimum Gasteiger partial charge on any atom is -0.462 e. The highest BCUT2D eigenvalue weighted by Gasteiger charge is 2.21. The highest BCUT2D eigenvalue weighted by Crippen LogP contribution is 2.34. The Hall–Kier alpha value is -4.19. The van der Waals surface area contributed by atoms with Crippen LogP contribution in [0.1, 0.15) is 29.8 Å². The Morgan fingerprint density at radius 2 is 1.85 bits per heavy atom. The van der Waals surface area contributed by atoms with Crippen LogP contribution in [0.5, 0.6) is 0 Å². The molecule has 6 rings (SSSR count). The molecule has 2 heterocycles. The first-order chi connectivity index (χ1) is 16.4. The molecule has 0 aliphatic carbocycles. The molecule has 0 amide bonds. The summed E-state index contributed by atoms with van der Waals surface area (Å²) in [7, 11) is 0. The lowest BCUT2D eigenvalue weighted by Crippen LogP contribution is -2.21. The summed E-state index contributed by atoms with van der Waals surface area (Å²) < 4.78 is 28.5. The van der Waals surface area contributed by atoms with Crippen molar-refractivity contribution >= 4 is 61.2 Å².